The lowest BCUT2D eigenvalue weighted by molar-refractivity contribution is 0.0828. The normalized spacial score (nSPS) is 14.1. The first-order valence-corrected chi connectivity index (χ1v) is 8.15. The first-order chi connectivity index (χ1) is 7.71. The van der Waals surface area contributed by atoms with E-state index in [-0.39, 0.29) is 17.3 Å². The standard InChI is InChI=1S/C12H21N2O2Si/c1-8(15)11-13-7-9(14-11)10(12(2,3)4)16-17(5)6/h7,10H,1-6H3,(H,13,14). The van der Waals surface area contributed by atoms with E-state index in [0.717, 1.165) is 5.69 Å². The third kappa shape index (κ3) is 3.78. The van der Waals surface area contributed by atoms with Crippen molar-refractivity contribution in [1.29, 1.82) is 0 Å². The van der Waals surface area contributed by atoms with Crippen LogP contribution in [0, 0.1) is 5.41 Å². The number of aromatic amines is 1. The van der Waals surface area contributed by atoms with Gasteiger partial charge in [0, 0.05) is 6.92 Å². The van der Waals surface area contributed by atoms with Crippen molar-refractivity contribution in [2.24, 2.45) is 5.41 Å². The fourth-order valence-electron chi connectivity index (χ4n) is 1.59. The van der Waals surface area contributed by atoms with Crippen LogP contribution in [-0.2, 0) is 4.43 Å². The van der Waals surface area contributed by atoms with Crippen LogP contribution in [0.4, 0.5) is 0 Å². The Morgan fingerprint density at radius 3 is 2.41 bits per heavy atom. The lowest BCUT2D eigenvalue weighted by Crippen LogP contribution is -2.26. The highest BCUT2D eigenvalue weighted by Gasteiger charge is 2.29. The summed E-state index contributed by atoms with van der Waals surface area (Å²) in [6.45, 7) is 12.1. The number of rotatable bonds is 4. The summed E-state index contributed by atoms with van der Waals surface area (Å²) >= 11 is 0. The number of carbonyl (C=O) groups is 1. The zero-order valence-corrected chi connectivity index (χ0v) is 12.4. The van der Waals surface area contributed by atoms with Gasteiger partial charge in [-0.2, -0.15) is 0 Å². The number of Topliss-reactive ketones (excluding diaryl/α,β-unsaturated/α-hetero) is 1. The van der Waals surface area contributed by atoms with Crippen molar-refractivity contribution in [1.82, 2.24) is 9.97 Å². The van der Waals surface area contributed by atoms with Crippen molar-refractivity contribution in [3.63, 3.8) is 0 Å². The summed E-state index contributed by atoms with van der Waals surface area (Å²) in [6, 6.07) is 0. The van der Waals surface area contributed by atoms with E-state index in [1.54, 1.807) is 6.20 Å². The molecule has 0 aliphatic carbocycles. The third-order valence-electron chi connectivity index (χ3n) is 2.35. The number of hydrogen-bond donors (Lipinski definition) is 1. The highest BCUT2D eigenvalue weighted by molar-refractivity contribution is 6.48. The van der Waals surface area contributed by atoms with Crippen LogP contribution in [0.3, 0.4) is 0 Å². The van der Waals surface area contributed by atoms with Crippen LogP contribution in [0.2, 0.25) is 13.1 Å². The molecule has 0 aliphatic rings. The first-order valence-electron chi connectivity index (χ1n) is 5.74. The van der Waals surface area contributed by atoms with Crippen molar-refractivity contribution >= 4 is 14.8 Å². The van der Waals surface area contributed by atoms with Crippen LogP contribution in [0.1, 0.15) is 50.1 Å². The van der Waals surface area contributed by atoms with E-state index >= 15 is 0 Å². The molecule has 1 rings (SSSR count). The molecule has 0 bridgehead atoms. The summed E-state index contributed by atoms with van der Waals surface area (Å²) in [5.74, 6) is 0.348. The van der Waals surface area contributed by atoms with Gasteiger partial charge in [-0.1, -0.05) is 20.8 Å². The molecule has 0 spiro atoms. The maximum Gasteiger partial charge on any atom is 0.205 e. The minimum atomic E-state index is -0.806. The van der Waals surface area contributed by atoms with Gasteiger partial charge in [0.25, 0.3) is 0 Å². The highest BCUT2D eigenvalue weighted by Crippen LogP contribution is 2.35. The van der Waals surface area contributed by atoms with Gasteiger partial charge in [0.05, 0.1) is 18.0 Å². The van der Waals surface area contributed by atoms with Crippen LogP contribution in [0.15, 0.2) is 6.20 Å². The van der Waals surface area contributed by atoms with Crippen LogP contribution in [-0.4, -0.2) is 24.8 Å². The molecule has 0 aromatic carbocycles. The Balaban J connectivity index is 3.00. The molecule has 17 heavy (non-hydrogen) atoms. The van der Waals surface area contributed by atoms with Crippen LogP contribution < -0.4 is 0 Å². The van der Waals surface area contributed by atoms with Gasteiger partial charge in [-0.25, -0.2) is 4.98 Å². The van der Waals surface area contributed by atoms with E-state index in [1.807, 2.05) is 0 Å². The summed E-state index contributed by atoms with van der Waals surface area (Å²) in [6.07, 6.45) is 1.66. The topological polar surface area (TPSA) is 55.0 Å². The summed E-state index contributed by atoms with van der Waals surface area (Å²) < 4.78 is 6.01. The second-order valence-corrected chi connectivity index (χ2v) is 7.57. The fraction of sp³-hybridized carbons (Fsp3) is 0.667. The maximum absolute atomic E-state index is 11.2. The minimum Gasteiger partial charge on any atom is -0.408 e. The molecule has 0 aliphatic heterocycles. The molecule has 95 valence electrons. The van der Waals surface area contributed by atoms with Crippen molar-refractivity contribution in [2.45, 2.75) is 46.9 Å². The Labute approximate surface area is 105 Å². The second-order valence-electron chi connectivity index (χ2n) is 5.52. The lowest BCUT2D eigenvalue weighted by Gasteiger charge is -2.31. The molecule has 1 atom stereocenters. The highest BCUT2D eigenvalue weighted by atomic mass is 28.3. The Morgan fingerprint density at radius 2 is 2.06 bits per heavy atom. The predicted octanol–water partition coefficient (Wildman–Crippen LogP) is 2.97. The summed E-state index contributed by atoms with van der Waals surface area (Å²) in [5.41, 5.74) is 0.858. The molecule has 0 saturated carbocycles. The van der Waals surface area contributed by atoms with Crippen molar-refractivity contribution in [3.8, 4) is 0 Å². The number of carbonyl (C=O) groups excluding carboxylic acids is 1. The molecule has 1 N–H and O–H groups in total. The predicted molar refractivity (Wildman–Crippen MR) is 69.4 cm³/mol. The number of hydrogen-bond acceptors (Lipinski definition) is 3. The fourth-order valence-corrected chi connectivity index (χ4v) is 2.54. The molecular weight excluding hydrogens is 232 g/mol. The Bertz CT molecular complexity index is 393. The summed E-state index contributed by atoms with van der Waals surface area (Å²) in [7, 11) is -0.806. The number of aromatic nitrogens is 2. The quantitative estimate of drug-likeness (QED) is 0.663. The van der Waals surface area contributed by atoms with Crippen molar-refractivity contribution < 1.29 is 9.22 Å². The Kier molecular flexibility index (Phi) is 4.27. The Morgan fingerprint density at radius 1 is 1.47 bits per heavy atom. The van der Waals surface area contributed by atoms with Gasteiger partial charge in [0.1, 0.15) is 0 Å². The van der Waals surface area contributed by atoms with Crippen LogP contribution in [0.5, 0.6) is 0 Å². The van der Waals surface area contributed by atoms with Gasteiger partial charge in [0.2, 0.25) is 9.04 Å². The molecule has 1 radical (unpaired) electrons. The first kappa shape index (κ1) is 14.1. The Hall–Kier alpha value is -0.943. The van der Waals surface area contributed by atoms with E-state index in [0.29, 0.717) is 5.82 Å². The van der Waals surface area contributed by atoms with E-state index < -0.39 is 9.04 Å². The number of H-pyrrole nitrogens is 1. The van der Waals surface area contributed by atoms with Crippen LogP contribution in [0.25, 0.3) is 0 Å². The molecular formula is C12H21N2O2Si. The summed E-state index contributed by atoms with van der Waals surface area (Å²) in [4.78, 5) is 18.4. The van der Waals surface area contributed by atoms with Crippen molar-refractivity contribution in [3.05, 3.63) is 17.7 Å². The third-order valence-corrected chi connectivity index (χ3v) is 3.06. The van der Waals surface area contributed by atoms with Gasteiger partial charge in [0.15, 0.2) is 11.6 Å². The number of ketones is 1. The summed E-state index contributed by atoms with van der Waals surface area (Å²) in [5, 5.41) is 0. The van der Waals surface area contributed by atoms with Gasteiger partial charge in [-0.05, 0) is 18.5 Å². The van der Waals surface area contributed by atoms with Gasteiger partial charge in [-0.3, -0.25) is 4.79 Å². The SMILES string of the molecule is CC(=O)c1ncc(C(O[Si](C)C)C(C)(C)C)[nH]1. The van der Waals surface area contributed by atoms with E-state index in [2.05, 4.69) is 43.8 Å². The lowest BCUT2D eigenvalue weighted by atomic mass is 9.87. The molecule has 5 heteroatoms. The molecule has 1 unspecified atom stereocenters. The second kappa shape index (κ2) is 5.14. The maximum atomic E-state index is 11.2. The molecule has 4 nitrogen and oxygen atoms in total. The zero-order chi connectivity index (χ0) is 13.2. The number of nitrogens with one attached hydrogen (secondary N) is 1. The number of imidazole rings is 1. The zero-order valence-electron chi connectivity index (χ0n) is 11.4. The van der Waals surface area contributed by atoms with Gasteiger partial charge in [-0.15, -0.1) is 0 Å². The largest absolute Gasteiger partial charge is 0.408 e. The molecule has 1 heterocycles. The van der Waals surface area contributed by atoms with Crippen LogP contribution >= 0.6 is 0 Å². The van der Waals surface area contributed by atoms with E-state index in [1.165, 1.54) is 6.92 Å². The average molecular weight is 253 g/mol. The molecule has 0 amide bonds. The molecule has 1 aromatic heterocycles. The number of nitrogens with zero attached hydrogens (tertiary/aromatic N) is 1. The molecule has 1 aromatic rings. The van der Waals surface area contributed by atoms with Gasteiger partial charge < -0.3 is 9.41 Å². The molecule has 0 fully saturated rings. The smallest absolute Gasteiger partial charge is 0.205 e. The average Bonchev–Trinajstić information content (AvgIpc) is 2.60. The van der Waals surface area contributed by atoms with E-state index in [4.69, 9.17) is 4.43 Å². The monoisotopic (exact) mass is 253 g/mol. The van der Waals surface area contributed by atoms with E-state index in [9.17, 15) is 4.79 Å². The van der Waals surface area contributed by atoms with Gasteiger partial charge >= 0.3 is 0 Å². The van der Waals surface area contributed by atoms with Crippen molar-refractivity contribution in [2.75, 3.05) is 0 Å². The minimum absolute atomic E-state index is 0.0253. The molecule has 0 saturated heterocycles.